The average molecular weight is 216 g/mol. The van der Waals surface area contributed by atoms with Gasteiger partial charge in [0.05, 0.1) is 0 Å². The van der Waals surface area contributed by atoms with Gasteiger partial charge in [-0.05, 0) is 39.1 Å². The van der Waals surface area contributed by atoms with Crippen LogP contribution in [-0.2, 0) is 0 Å². The van der Waals surface area contributed by atoms with E-state index in [9.17, 15) is 0 Å². The molecule has 14 heavy (non-hydrogen) atoms. The number of nitrogens with zero attached hydrogens (tertiary/aromatic N) is 2. The van der Waals surface area contributed by atoms with Crippen LogP contribution in [0.15, 0.2) is 0 Å². The molecule has 3 heteroatoms. The van der Waals surface area contributed by atoms with Crippen LogP contribution in [0, 0.1) is 5.41 Å². The minimum atomic E-state index is -0.954. The molecule has 0 aliphatic rings. The molecule has 1 atom stereocenters. The molecule has 0 spiro atoms. The van der Waals surface area contributed by atoms with E-state index in [4.69, 9.17) is 0 Å². The van der Waals surface area contributed by atoms with Crippen LogP contribution in [0.5, 0.6) is 0 Å². The monoisotopic (exact) mass is 216 g/mol. The van der Waals surface area contributed by atoms with Crippen LogP contribution >= 0.6 is 0 Å². The lowest BCUT2D eigenvalue weighted by Crippen LogP contribution is -2.52. The van der Waals surface area contributed by atoms with Crippen LogP contribution in [0.4, 0.5) is 0 Å². The highest BCUT2D eigenvalue weighted by molar-refractivity contribution is 6.54. The van der Waals surface area contributed by atoms with Gasteiger partial charge in [0, 0.05) is 0 Å². The minimum Gasteiger partial charge on any atom is -0.319 e. The molecule has 2 nitrogen and oxygen atoms in total. The molecule has 0 amide bonds. The summed E-state index contributed by atoms with van der Waals surface area (Å²) in [5, 5.41) is 0. The van der Waals surface area contributed by atoms with E-state index in [1.807, 2.05) is 0 Å². The van der Waals surface area contributed by atoms with Crippen molar-refractivity contribution in [3.05, 3.63) is 0 Å². The number of rotatable bonds is 4. The van der Waals surface area contributed by atoms with Crippen LogP contribution in [-0.4, -0.2) is 46.4 Å². The zero-order valence-electron chi connectivity index (χ0n) is 11.3. The fourth-order valence-corrected chi connectivity index (χ4v) is 6.13. The van der Waals surface area contributed by atoms with Gasteiger partial charge in [0.25, 0.3) is 0 Å². The van der Waals surface area contributed by atoms with Crippen LogP contribution in [0.2, 0.25) is 5.54 Å². The van der Waals surface area contributed by atoms with Gasteiger partial charge in [0.15, 0.2) is 9.12 Å². The Labute approximate surface area is 92.0 Å². The Morgan fingerprint density at radius 1 is 1.00 bits per heavy atom. The molecule has 0 aliphatic heterocycles. The summed E-state index contributed by atoms with van der Waals surface area (Å²) in [6.07, 6.45) is 1.29. The lowest BCUT2D eigenvalue weighted by atomic mass is 9.90. The predicted octanol–water partition coefficient (Wildman–Crippen LogP) is 2.16. The minimum absolute atomic E-state index is 0.431. The maximum absolute atomic E-state index is 2.46. The molecule has 0 saturated carbocycles. The fourth-order valence-electron chi connectivity index (χ4n) is 2.45. The van der Waals surface area contributed by atoms with Crippen molar-refractivity contribution in [1.29, 1.82) is 0 Å². The van der Waals surface area contributed by atoms with E-state index in [0.29, 0.717) is 5.41 Å². The van der Waals surface area contributed by atoms with Crippen molar-refractivity contribution >= 4 is 9.12 Å². The van der Waals surface area contributed by atoms with Crippen molar-refractivity contribution in [2.75, 3.05) is 28.2 Å². The van der Waals surface area contributed by atoms with Gasteiger partial charge in [-0.2, -0.15) is 0 Å². The van der Waals surface area contributed by atoms with E-state index >= 15 is 0 Å². The topological polar surface area (TPSA) is 6.48 Å². The normalized spacial score (nSPS) is 15.6. The quantitative estimate of drug-likeness (QED) is 0.665. The maximum Gasteiger partial charge on any atom is 0.192 e. The van der Waals surface area contributed by atoms with Gasteiger partial charge in [-0.1, -0.05) is 34.1 Å². The van der Waals surface area contributed by atoms with E-state index in [1.165, 1.54) is 6.42 Å². The summed E-state index contributed by atoms with van der Waals surface area (Å²) in [7, 11) is 7.96. The Morgan fingerprint density at radius 3 is 1.43 bits per heavy atom. The first-order valence-corrected chi connectivity index (χ1v) is 7.24. The van der Waals surface area contributed by atoms with Gasteiger partial charge in [0.1, 0.15) is 0 Å². The Bertz CT molecular complexity index is 153. The summed E-state index contributed by atoms with van der Waals surface area (Å²) in [6.45, 7) is 9.43. The zero-order chi connectivity index (χ0) is 11.5. The largest absolute Gasteiger partial charge is 0.319 e. The van der Waals surface area contributed by atoms with Gasteiger partial charge >= 0.3 is 0 Å². The summed E-state index contributed by atoms with van der Waals surface area (Å²) >= 11 is 0. The summed E-state index contributed by atoms with van der Waals surface area (Å²) < 4.78 is 4.92. The average Bonchev–Trinajstić information content (AvgIpc) is 1.95. The van der Waals surface area contributed by atoms with Gasteiger partial charge < -0.3 is 9.13 Å². The Balaban J connectivity index is 4.77. The number of hydrogen-bond acceptors (Lipinski definition) is 2. The lowest BCUT2D eigenvalue weighted by molar-refractivity contribution is 0.330. The molecule has 0 bridgehead atoms. The summed E-state index contributed by atoms with van der Waals surface area (Å²) in [5.41, 5.74) is 1.27. The predicted molar refractivity (Wildman–Crippen MR) is 68.0 cm³/mol. The standard InChI is InChI=1S/C11H28N2Si/c1-9-10(11(2,3)4)14(12(5)6)13(7)8/h10,14H,9H2,1-8H3. The molecule has 86 valence electrons. The highest BCUT2D eigenvalue weighted by atomic mass is 28.3. The van der Waals surface area contributed by atoms with Gasteiger partial charge in [-0.15, -0.1) is 0 Å². The molecule has 0 saturated heterocycles. The molecule has 0 fully saturated rings. The molecule has 0 aromatic rings. The molecule has 0 heterocycles. The van der Waals surface area contributed by atoms with Crippen molar-refractivity contribution in [1.82, 2.24) is 9.13 Å². The van der Waals surface area contributed by atoms with Crippen LogP contribution in [0.1, 0.15) is 34.1 Å². The first-order chi connectivity index (χ1) is 6.21. The van der Waals surface area contributed by atoms with E-state index in [0.717, 1.165) is 5.54 Å². The molecule has 0 aliphatic carbocycles. The smallest absolute Gasteiger partial charge is 0.192 e. The van der Waals surface area contributed by atoms with E-state index in [-0.39, 0.29) is 0 Å². The third-order valence-corrected chi connectivity index (χ3v) is 7.28. The summed E-state index contributed by atoms with van der Waals surface area (Å²) in [4.78, 5) is 0. The van der Waals surface area contributed by atoms with Gasteiger partial charge in [-0.3, -0.25) is 0 Å². The molecule has 1 unspecified atom stereocenters. The van der Waals surface area contributed by atoms with Crippen molar-refractivity contribution in [3.63, 3.8) is 0 Å². The van der Waals surface area contributed by atoms with Crippen molar-refractivity contribution in [3.8, 4) is 0 Å². The van der Waals surface area contributed by atoms with Gasteiger partial charge in [0.2, 0.25) is 0 Å². The van der Waals surface area contributed by atoms with Crippen molar-refractivity contribution < 1.29 is 0 Å². The SMILES string of the molecule is CCC([SiH](N(C)C)N(C)C)C(C)(C)C. The Morgan fingerprint density at radius 2 is 1.36 bits per heavy atom. The molecule has 0 aromatic carbocycles. The molecular weight excluding hydrogens is 188 g/mol. The Kier molecular flexibility index (Phi) is 5.34. The lowest BCUT2D eigenvalue weighted by Gasteiger charge is -2.41. The van der Waals surface area contributed by atoms with E-state index < -0.39 is 9.12 Å². The van der Waals surface area contributed by atoms with E-state index in [2.05, 4.69) is 65.0 Å². The second kappa shape index (κ2) is 5.28. The molecule has 0 radical (unpaired) electrons. The first kappa shape index (κ1) is 14.1. The molecule has 0 N–H and O–H groups in total. The second-order valence-corrected chi connectivity index (χ2v) is 9.42. The van der Waals surface area contributed by atoms with Gasteiger partial charge in [-0.25, -0.2) is 0 Å². The molecular formula is C11H28N2Si. The maximum atomic E-state index is 2.46. The zero-order valence-corrected chi connectivity index (χ0v) is 12.4. The van der Waals surface area contributed by atoms with Crippen molar-refractivity contribution in [2.45, 2.75) is 39.7 Å². The van der Waals surface area contributed by atoms with Crippen molar-refractivity contribution in [2.24, 2.45) is 5.41 Å². The highest BCUT2D eigenvalue weighted by Gasteiger charge is 2.35. The molecule has 0 aromatic heterocycles. The summed E-state index contributed by atoms with van der Waals surface area (Å²) in [5.74, 6) is 0. The van der Waals surface area contributed by atoms with E-state index in [1.54, 1.807) is 0 Å². The highest BCUT2D eigenvalue weighted by Crippen LogP contribution is 2.37. The first-order valence-electron chi connectivity index (χ1n) is 5.54. The Hall–Kier alpha value is 0.137. The fraction of sp³-hybridized carbons (Fsp3) is 1.00. The third-order valence-electron chi connectivity index (χ3n) is 2.97. The number of hydrogen-bond donors (Lipinski definition) is 0. The third kappa shape index (κ3) is 3.71. The molecule has 0 rings (SSSR count). The van der Waals surface area contributed by atoms with Crippen LogP contribution in [0.25, 0.3) is 0 Å². The van der Waals surface area contributed by atoms with Crippen LogP contribution in [0.3, 0.4) is 0 Å². The summed E-state index contributed by atoms with van der Waals surface area (Å²) in [6, 6.07) is 0. The van der Waals surface area contributed by atoms with Crippen LogP contribution < -0.4 is 0 Å². The second-order valence-electron chi connectivity index (χ2n) is 5.72.